The number of fused-ring (bicyclic) bond motifs is 1. The molecular weight excluding hydrogens is 220 g/mol. The zero-order valence-corrected chi connectivity index (χ0v) is 10.4. The molecule has 4 nitrogen and oxygen atoms in total. The molecule has 1 aliphatic heterocycles. The highest BCUT2D eigenvalue weighted by molar-refractivity contribution is 7.98. The minimum Gasteiger partial charge on any atom is -0.344 e. The van der Waals surface area contributed by atoms with Crippen molar-refractivity contribution in [1.29, 1.82) is 0 Å². The van der Waals surface area contributed by atoms with Crippen molar-refractivity contribution in [1.82, 2.24) is 14.5 Å². The number of hydrogen-bond acceptors (Lipinski definition) is 4. The van der Waals surface area contributed by atoms with Crippen molar-refractivity contribution in [2.75, 3.05) is 5.32 Å². The van der Waals surface area contributed by atoms with Gasteiger partial charge >= 0.3 is 0 Å². The van der Waals surface area contributed by atoms with Gasteiger partial charge in [0.25, 0.3) is 0 Å². The Morgan fingerprint density at radius 2 is 2.25 bits per heavy atom. The molecular formula is C11H18N4S. The van der Waals surface area contributed by atoms with E-state index in [4.69, 9.17) is 0 Å². The van der Waals surface area contributed by atoms with E-state index in [9.17, 15) is 0 Å². The summed E-state index contributed by atoms with van der Waals surface area (Å²) in [7, 11) is 0. The standard InChI is InChI=1S/C11H18N4S/c1-8-7-10-13-11(16-15(10)14-8)12-9-5-3-2-4-6-9/h7,9,11-13H,2-6H2,1H3. The van der Waals surface area contributed by atoms with Crippen LogP contribution < -0.4 is 10.6 Å². The lowest BCUT2D eigenvalue weighted by Gasteiger charge is -2.25. The van der Waals surface area contributed by atoms with Gasteiger partial charge in [0.05, 0.1) is 5.69 Å². The Bertz CT molecular complexity index is 347. The molecule has 0 spiro atoms. The fourth-order valence-electron chi connectivity index (χ4n) is 2.47. The predicted octanol–water partition coefficient (Wildman–Crippen LogP) is 2.32. The summed E-state index contributed by atoms with van der Waals surface area (Å²) in [4.78, 5) is 0. The number of rotatable bonds is 2. The molecule has 16 heavy (non-hydrogen) atoms. The summed E-state index contributed by atoms with van der Waals surface area (Å²) in [6.45, 7) is 2.02. The highest BCUT2D eigenvalue weighted by atomic mass is 32.2. The number of hydrogen-bond donors (Lipinski definition) is 2. The Hall–Kier alpha value is -0.680. The summed E-state index contributed by atoms with van der Waals surface area (Å²) in [6, 6.07) is 2.78. The second-order valence-electron chi connectivity index (χ2n) is 4.68. The lowest BCUT2D eigenvalue weighted by molar-refractivity contribution is 0.375. The van der Waals surface area contributed by atoms with Crippen molar-refractivity contribution in [3.8, 4) is 0 Å². The zero-order valence-electron chi connectivity index (χ0n) is 9.57. The zero-order chi connectivity index (χ0) is 11.0. The first-order chi connectivity index (χ1) is 7.81. The number of nitrogens with one attached hydrogen (secondary N) is 2. The van der Waals surface area contributed by atoms with E-state index < -0.39 is 0 Å². The van der Waals surface area contributed by atoms with Gasteiger partial charge in [0.2, 0.25) is 0 Å². The van der Waals surface area contributed by atoms with E-state index in [-0.39, 0.29) is 0 Å². The van der Waals surface area contributed by atoms with Gasteiger partial charge in [-0.05, 0) is 19.8 Å². The highest BCUT2D eigenvalue weighted by Crippen LogP contribution is 2.29. The summed E-state index contributed by atoms with van der Waals surface area (Å²) in [5.41, 5.74) is 1.37. The van der Waals surface area contributed by atoms with Crippen LogP contribution in [0.2, 0.25) is 0 Å². The molecule has 0 saturated heterocycles. The predicted molar refractivity (Wildman–Crippen MR) is 67.4 cm³/mol. The third-order valence-electron chi connectivity index (χ3n) is 3.28. The quantitative estimate of drug-likeness (QED) is 0.829. The van der Waals surface area contributed by atoms with E-state index in [0.717, 1.165) is 11.5 Å². The minimum absolute atomic E-state index is 0.297. The van der Waals surface area contributed by atoms with Crippen LogP contribution in [0.5, 0.6) is 0 Å². The second-order valence-corrected chi connectivity index (χ2v) is 5.70. The van der Waals surface area contributed by atoms with E-state index in [1.165, 1.54) is 32.1 Å². The van der Waals surface area contributed by atoms with Crippen LogP contribution in [0.4, 0.5) is 5.82 Å². The molecule has 1 aliphatic carbocycles. The average Bonchev–Trinajstić information content (AvgIpc) is 2.76. The number of nitrogens with zero attached hydrogens (tertiary/aromatic N) is 2. The molecule has 1 aromatic heterocycles. The summed E-state index contributed by atoms with van der Waals surface area (Å²) in [5.74, 6) is 1.12. The second kappa shape index (κ2) is 4.30. The van der Waals surface area contributed by atoms with E-state index in [2.05, 4.69) is 21.8 Å². The van der Waals surface area contributed by atoms with Gasteiger partial charge in [-0.1, -0.05) is 19.3 Å². The van der Waals surface area contributed by atoms with Crippen LogP contribution in [0.3, 0.4) is 0 Å². The largest absolute Gasteiger partial charge is 0.344 e. The molecule has 3 rings (SSSR count). The maximum Gasteiger partial charge on any atom is 0.148 e. The van der Waals surface area contributed by atoms with Crippen LogP contribution >= 0.6 is 11.9 Å². The lowest BCUT2D eigenvalue weighted by Crippen LogP contribution is -2.40. The van der Waals surface area contributed by atoms with Crippen LogP contribution in [-0.2, 0) is 0 Å². The van der Waals surface area contributed by atoms with Crippen molar-refractivity contribution in [2.24, 2.45) is 0 Å². The Balaban J connectivity index is 1.57. The van der Waals surface area contributed by atoms with Gasteiger partial charge < -0.3 is 5.32 Å². The molecule has 2 heterocycles. The van der Waals surface area contributed by atoms with E-state index in [1.807, 2.05) is 11.0 Å². The number of aromatic nitrogens is 2. The molecule has 1 aromatic rings. The molecule has 88 valence electrons. The van der Waals surface area contributed by atoms with Crippen molar-refractivity contribution < 1.29 is 0 Å². The molecule has 1 fully saturated rings. The molecule has 5 heteroatoms. The maximum atomic E-state index is 4.41. The van der Waals surface area contributed by atoms with Crippen LogP contribution in [-0.4, -0.2) is 20.7 Å². The Kier molecular flexibility index (Phi) is 2.81. The summed E-state index contributed by atoms with van der Waals surface area (Å²) >= 11 is 1.73. The first kappa shape index (κ1) is 10.5. The molecule has 0 bridgehead atoms. The Morgan fingerprint density at radius 1 is 1.44 bits per heavy atom. The van der Waals surface area contributed by atoms with Crippen molar-refractivity contribution in [3.05, 3.63) is 11.8 Å². The molecule has 1 atom stereocenters. The van der Waals surface area contributed by atoms with Gasteiger partial charge in [-0.25, -0.2) is 0 Å². The maximum absolute atomic E-state index is 4.41. The molecule has 2 aliphatic rings. The van der Waals surface area contributed by atoms with Crippen LogP contribution in [0.1, 0.15) is 37.8 Å². The molecule has 2 N–H and O–H groups in total. The molecule has 0 aromatic carbocycles. The van der Waals surface area contributed by atoms with Crippen LogP contribution in [0.25, 0.3) is 0 Å². The molecule has 0 amide bonds. The normalized spacial score (nSPS) is 25.4. The molecule has 1 unspecified atom stereocenters. The van der Waals surface area contributed by atoms with Crippen molar-refractivity contribution >= 4 is 17.8 Å². The number of aryl methyl sites for hydroxylation is 1. The first-order valence-electron chi connectivity index (χ1n) is 6.08. The van der Waals surface area contributed by atoms with Gasteiger partial charge in [0.15, 0.2) is 0 Å². The highest BCUT2D eigenvalue weighted by Gasteiger charge is 2.25. The summed E-state index contributed by atoms with van der Waals surface area (Å²) in [6.07, 6.45) is 6.79. The lowest BCUT2D eigenvalue weighted by atomic mass is 9.96. The average molecular weight is 238 g/mol. The number of anilines is 1. The third kappa shape index (κ3) is 2.06. The molecule has 0 radical (unpaired) electrons. The van der Waals surface area contributed by atoms with E-state index >= 15 is 0 Å². The molecule has 1 saturated carbocycles. The fraction of sp³-hybridized carbons (Fsp3) is 0.727. The monoisotopic (exact) mass is 238 g/mol. The Morgan fingerprint density at radius 3 is 3.00 bits per heavy atom. The third-order valence-corrected chi connectivity index (χ3v) is 4.22. The minimum atomic E-state index is 0.297. The Labute approximate surface area is 100 Å². The SMILES string of the molecule is Cc1cc2n(n1)SC(NC1CCCCC1)N2. The van der Waals surface area contributed by atoms with Gasteiger partial charge in [0.1, 0.15) is 11.3 Å². The van der Waals surface area contributed by atoms with E-state index in [1.54, 1.807) is 11.9 Å². The van der Waals surface area contributed by atoms with Gasteiger partial charge in [0, 0.05) is 24.1 Å². The first-order valence-corrected chi connectivity index (χ1v) is 6.91. The van der Waals surface area contributed by atoms with E-state index in [0.29, 0.717) is 11.5 Å². The van der Waals surface area contributed by atoms with Gasteiger partial charge in [-0.2, -0.15) is 9.19 Å². The van der Waals surface area contributed by atoms with Crippen molar-refractivity contribution in [3.63, 3.8) is 0 Å². The fourth-order valence-corrected chi connectivity index (χ4v) is 3.49. The van der Waals surface area contributed by atoms with Crippen LogP contribution in [0, 0.1) is 6.92 Å². The van der Waals surface area contributed by atoms with Gasteiger partial charge in [-0.15, -0.1) is 0 Å². The topological polar surface area (TPSA) is 41.9 Å². The van der Waals surface area contributed by atoms with Gasteiger partial charge in [-0.3, -0.25) is 5.32 Å². The van der Waals surface area contributed by atoms with Crippen molar-refractivity contribution in [2.45, 2.75) is 50.6 Å². The smallest absolute Gasteiger partial charge is 0.148 e. The van der Waals surface area contributed by atoms with Crippen LogP contribution in [0.15, 0.2) is 6.07 Å². The summed E-state index contributed by atoms with van der Waals surface area (Å²) in [5, 5.41) is 11.5. The summed E-state index contributed by atoms with van der Waals surface area (Å²) < 4.78 is 1.98.